The number of amides is 1. The molecule has 0 aromatic heterocycles. The summed E-state index contributed by atoms with van der Waals surface area (Å²) in [5.74, 6) is 2.48. The summed E-state index contributed by atoms with van der Waals surface area (Å²) in [6.45, 7) is 17.0. The average Bonchev–Trinajstić information content (AvgIpc) is 3.13. The van der Waals surface area contributed by atoms with Gasteiger partial charge in [0.25, 0.3) is 0 Å². The number of hydrogen-bond acceptors (Lipinski definition) is 2. The minimum atomic E-state index is -0.152. The molecule has 4 aliphatic carbocycles. The molecular weight excluding hydrogens is 442 g/mol. The normalized spacial score (nSPS) is 43.0. The maximum absolute atomic E-state index is 12.7. The topological polar surface area (TPSA) is 40.5 Å². The third kappa shape index (κ3) is 3.95. The van der Waals surface area contributed by atoms with E-state index >= 15 is 0 Å². The molecule has 3 heteroatoms. The van der Waals surface area contributed by atoms with Gasteiger partial charge in [-0.3, -0.25) is 4.79 Å². The molecule has 0 aromatic rings. The Kier molecular flexibility index (Phi) is 7.00. The molecule has 1 N–H and O–H groups in total. The first-order chi connectivity index (χ1) is 16.9. The summed E-state index contributed by atoms with van der Waals surface area (Å²) in [7, 11) is 0. The largest absolute Gasteiger partial charge is 0.393 e. The molecule has 0 aromatic carbocycles. The standard InChI is InChI=1S/C33H55NO2/c1-23(11-10-12-29(36)34-21-8-7-9-22-34)24-15-19-33(6)26-13-14-27-30(2,3)28(35)17-18-31(27,4)25(26)16-20-32(24,33)5/h23-24,27-28,35H,7-22H2,1-6H3/t23-,24-,27+,28+,31-,32-,33+/m1/s1. The summed E-state index contributed by atoms with van der Waals surface area (Å²) in [4.78, 5) is 14.8. The molecule has 7 atom stereocenters. The average molecular weight is 498 g/mol. The highest BCUT2D eigenvalue weighted by molar-refractivity contribution is 5.76. The van der Waals surface area contributed by atoms with Crippen LogP contribution in [0.3, 0.4) is 0 Å². The molecule has 0 radical (unpaired) electrons. The van der Waals surface area contributed by atoms with Crippen LogP contribution in [-0.4, -0.2) is 35.1 Å². The Hall–Kier alpha value is -0.830. The summed E-state index contributed by atoms with van der Waals surface area (Å²) in [6, 6.07) is 0. The number of allylic oxidation sites excluding steroid dienone is 2. The highest BCUT2D eigenvalue weighted by Crippen LogP contribution is 2.72. The molecule has 5 rings (SSSR count). The van der Waals surface area contributed by atoms with E-state index < -0.39 is 0 Å². The molecule has 1 heterocycles. The lowest BCUT2D eigenvalue weighted by Crippen LogP contribution is -2.55. The fourth-order valence-electron chi connectivity index (χ4n) is 10.7. The van der Waals surface area contributed by atoms with Gasteiger partial charge in [0, 0.05) is 19.5 Å². The van der Waals surface area contributed by atoms with Gasteiger partial charge in [-0.25, -0.2) is 0 Å². The van der Waals surface area contributed by atoms with E-state index in [2.05, 4.69) is 46.4 Å². The van der Waals surface area contributed by atoms with Gasteiger partial charge in [-0.2, -0.15) is 0 Å². The van der Waals surface area contributed by atoms with E-state index in [9.17, 15) is 9.90 Å². The number of carbonyl (C=O) groups excluding carboxylic acids is 1. The highest BCUT2D eigenvalue weighted by atomic mass is 16.3. The van der Waals surface area contributed by atoms with Crippen molar-refractivity contribution in [1.82, 2.24) is 4.90 Å². The molecule has 36 heavy (non-hydrogen) atoms. The van der Waals surface area contributed by atoms with Crippen molar-refractivity contribution in [2.45, 2.75) is 138 Å². The van der Waals surface area contributed by atoms with Crippen LogP contribution in [0.2, 0.25) is 0 Å². The Bertz CT molecular complexity index is 884. The molecule has 0 bridgehead atoms. The number of carbonyl (C=O) groups is 1. The molecule has 5 aliphatic rings. The maximum atomic E-state index is 12.7. The summed E-state index contributed by atoms with van der Waals surface area (Å²) in [5, 5.41) is 10.9. The van der Waals surface area contributed by atoms with Gasteiger partial charge < -0.3 is 10.0 Å². The molecular formula is C33H55NO2. The van der Waals surface area contributed by atoms with Gasteiger partial charge in [-0.05, 0) is 123 Å². The predicted molar refractivity (Wildman–Crippen MR) is 148 cm³/mol. The van der Waals surface area contributed by atoms with Crippen molar-refractivity contribution in [3.8, 4) is 0 Å². The SMILES string of the molecule is C[C@H](CCCC(=O)N1CCCCC1)[C@H]1CC[C@@]2(C)C3=C(CC[C@]12C)[C@@]1(C)CC[C@H](O)C(C)(C)[C@@H]1CC3. The van der Waals surface area contributed by atoms with Gasteiger partial charge in [0.15, 0.2) is 0 Å². The molecule has 3 fully saturated rings. The van der Waals surface area contributed by atoms with Crippen molar-refractivity contribution in [2.75, 3.05) is 13.1 Å². The van der Waals surface area contributed by atoms with Crippen molar-refractivity contribution >= 4 is 5.91 Å². The summed E-state index contributed by atoms with van der Waals surface area (Å²) >= 11 is 0. The lowest BCUT2D eigenvalue weighted by atomic mass is 9.43. The molecule has 1 saturated heterocycles. The van der Waals surface area contributed by atoms with E-state index in [-0.39, 0.29) is 16.9 Å². The third-order valence-electron chi connectivity index (χ3n) is 13.2. The van der Waals surface area contributed by atoms with Crippen LogP contribution in [0.1, 0.15) is 131 Å². The summed E-state index contributed by atoms with van der Waals surface area (Å²) in [6.07, 6.45) is 16.5. The highest BCUT2D eigenvalue weighted by Gasteiger charge is 2.63. The quantitative estimate of drug-likeness (QED) is 0.392. The van der Waals surface area contributed by atoms with Crippen molar-refractivity contribution < 1.29 is 9.90 Å². The first-order valence-corrected chi connectivity index (χ1v) is 15.6. The number of hydrogen-bond donors (Lipinski definition) is 1. The van der Waals surface area contributed by atoms with Crippen LogP contribution in [-0.2, 0) is 4.79 Å². The van der Waals surface area contributed by atoms with Crippen LogP contribution in [0.15, 0.2) is 11.1 Å². The Morgan fingerprint density at radius 1 is 0.944 bits per heavy atom. The first-order valence-electron chi connectivity index (χ1n) is 15.6. The first kappa shape index (κ1) is 26.8. The van der Waals surface area contributed by atoms with Gasteiger partial charge >= 0.3 is 0 Å². The lowest BCUT2D eigenvalue weighted by molar-refractivity contribution is -0.132. The van der Waals surface area contributed by atoms with Gasteiger partial charge in [0.05, 0.1) is 6.10 Å². The second kappa shape index (κ2) is 9.42. The Morgan fingerprint density at radius 3 is 2.39 bits per heavy atom. The monoisotopic (exact) mass is 497 g/mol. The van der Waals surface area contributed by atoms with E-state index in [0.29, 0.717) is 28.6 Å². The zero-order valence-corrected chi connectivity index (χ0v) is 24.4. The van der Waals surface area contributed by atoms with E-state index in [4.69, 9.17) is 0 Å². The number of aliphatic hydroxyl groups is 1. The number of aliphatic hydroxyl groups excluding tert-OH is 1. The maximum Gasteiger partial charge on any atom is 0.222 e. The van der Waals surface area contributed by atoms with Gasteiger partial charge in [0.2, 0.25) is 5.91 Å². The van der Waals surface area contributed by atoms with Gasteiger partial charge in [-0.1, -0.05) is 52.7 Å². The van der Waals surface area contributed by atoms with E-state index in [0.717, 1.165) is 38.3 Å². The molecule has 204 valence electrons. The van der Waals surface area contributed by atoms with Crippen LogP contribution in [0.5, 0.6) is 0 Å². The number of fused-ring (bicyclic) bond motifs is 4. The van der Waals surface area contributed by atoms with Crippen molar-refractivity contribution in [2.24, 2.45) is 39.4 Å². The minimum absolute atomic E-state index is 0.0194. The molecule has 1 amide bonds. The molecule has 0 spiro atoms. The Morgan fingerprint density at radius 2 is 1.67 bits per heavy atom. The van der Waals surface area contributed by atoms with Crippen LogP contribution in [0.25, 0.3) is 0 Å². The molecule has 2 saturated carbocycles. The zero-order valence-electron chi connectivity index (χ0n) is 24.4. The van der Waals surface area contributed by atoms with Crippen molar-refractivity contribution in [3.05, 3.63) is 11.1 Å². The van der Waals surface area contributed by atoms with E-state index in [1.165, 1.54) is 70.6 Å². The minimum Gasteiger partial charge on any atom is -0.393 e. The van der Waals surface area contributed by atoms with Crippen LogP contribution in [0, 0.1) is 39.4 Å². The summed E-state index contributed by atoms with van der Waals surface area (Å²) in [5.41, 5.74) is 4.67. The second-order valence-corrected chi connectivity index (χ2v) is 15.0. The lowest BCUT2D eigenvalue weighted by Gasteiger charge is -2.62. The Balaban J connectivity index is 1.30. The number of rotatable bonds is 5. The van der Waals surface area contributed by atoms with Crippen molar-refractivity contribution in [3.63, 3.8) is 0 Å². The molecule has 3 nitrogen and oxygen atoms in total. The number of nitrogens with zero attached hydrogens (tertiary/aromatic N) is 1. The zero-order chi connectivity index (χ0) is 25.9. The van der Waals surface area contributed by atoms with Gasteiger partial charge in [0.1, 0.15) is 0 Å². The van der Waals surface area contributed by atoms with E-state index in [1.807, 2.05) is 11.1 Å². The van der Waals surface area contributed by atoms with Crippen LogP contribution >= 0.6 is 0 Å². The second-order valence-electron chi connectivity index (χ2n) is 15.0. The number of likely N-dealkylation sites (tertiary alicyclic amines) is 1. The van der Waals surface area contributed by atoms with Crippen LogP contribution in [0.4, 0.5) is 0 Å². The molecule has 0 unspecified atom stereocenters. The molecule has 1 aliphatic heterocycles. The van der Waals surface area contributed by atoms with Crippen LogP contribution < -0.4 is 0 Å². The predicted octanol–water partition coefficient (Wildman–Crippen LogP) is 7.92. The fraction of sp³-hybridized carbons (Fsp3) is 0.909. The summed E-state index contributed by atoms with van der Waals surface area (Å²) < 4.78 is 0. The fourth-order valence-corrected chi connectivity index (χ4v) is 10.7. The van der Waals surface area contributed by atoms with E-state index in [1.54, 1.807) is 0 Å². The third-order valence-corrected chi connectivity index (χ3v) is 13.2. The van der Waals surface area contributed by atoms with Crippen molar-refractivity contribution in [1.29, 1.82) is 0 Å². The smallest absolute Gasteiger partial charge is 0.222 e. The Labute approximate surface area is 221 Å². The number of piperidine rings is 1. The van der Waals surface area contributed by atoms with Gasteiger partial charge in [-0.15, -0.1) is 0 Å².